The minimum absolute atomic E-state index is 0. The fourth-order valence-corrected chi connectivity index (χ4v) is 7.43. The van der Waals surface area contributed by atoms with Crippen molar-refractivity contribution in [2.75, 3.05) is 0 Å². The third-order valence-corrected chi connectivity index (χ3v) is 10.4. The summed E-state index contributed by atoms with van der Waals surface area (Å²) in [5.74, 6) is -8.69. The molecule has 0 saturated carbocycles. The van der Waals surface area contributed by atoms with Crippen LogP contribution in [0.2, 0.25) is 0 Å². The van der Waals surface area contributed by atoms with Gasteiger partial charge in [0, 0.05) is 57.4 Å². The van der Waals surface area contributed by atoms with E-state index in [1.54, 1.807) is 12.2 Å². The van der Waals surface area contributed by atoms with E-state index in [0.29, 0.717) is 23.2 Å². The minimum atomic E-state index is -2.39. The zero-order valence-corrected chi connectivity index (χ0v) is 42.3. The number of hydrogen-bond donors (Lipinski definition) is 2. The number of carbonyl (C=O) groups excluding carboxylic acids is 5. The number of H-pyrrole nitrogens is 1. The Bertz CT molecular complexity index is 2250. The summed E-state index contributed by atoms with van der Waals surface area (Å²) in [5.41, 5.74) is 2.43. The van der Waals surface area contributed by atoms with E-state index in [0.717, 1.165) is 34.5 Å². The van der Waals surface area contributed by atoms with Gasteiger partial charge in [-0.3, -0.25) is 9.79 Å². The van der Waals surface area contributed by atoms with Crippen molar-refractivity contribution in [3.8, 4) is 0 Å². The summed E-state index contributed by atoms with van der Waals surface area (Å²) in [6, 6.07) is -0.646. The van der Waals surface area contributed by atoms with Gasteiger partial charge in [0.1, 0.15) is 0 Å². The minimum Gasteiger partial charge on any atom is -0.550 e. The molecule has 18 heteroatoms. The monoisotopic (exact) mass is 813 g/mol. The molecule has 5 heterocycles. The van der Waals surface area contributed by atoms with Crippen molar-refractivity contribution < 1.29 is 163 Å². The van der Waals surface area contributed by atoms with Crippen LogP contribution in [-0.4, -0.2) is 63.5 Å². The standard InChI is InChI=1S/C39H43N5O9.4Na/c1-8-21-17(3)25-13-27-19(5)23(10-11-32(46)47)35(42-27)24(12-31(45)44-39(7,38(52)53)16-33(48)49)36-34(37(50)51)20(6)28(43-36)15-30-22(9-2)18(4)26(41-30)14-29(21)40-25;;;;/h8,13-15,19,23,27,41H,1,9-12,16H2,2-7H3,(H,44,45)(H,46,47)(H,48,49)(H,50,51)(H,52,53);;;;/q;4*+1/p-4/b25-13-,26-14-,30-15?,36-24-;;;;/t19-,23-,27?,39-;;;;/m0..../s1. The summed E-state index contributed by atoms with van der Waals surface area (Å²) in [4.78, 5) is 79.9. The average molecular weight is 814 g/mol. The quantitative estimate of drug-likeness (QED) is 0.190. The molecule has 57 heavy (non-hydrogen) atoms. The molecule has 4 aliphatic heterocycles. The Morgan fingerprint density at radius 2 is 1.56 bits per heavy atom. The van der Waals surface area contributed by atoms with Gasteiger partial charge in [-0.1, -0.05) is 26.5 Å². The van der Waals surface area contributed by atoms with Crippen molar-refractivity contribution in [1.29, 1.82) is 0 Å². The maximum Gasteiger partial charge on any atom is 1.00 e. The Labute approximate surface area is 418 Å². The second kappa shape index (κ2) is 21.6. The molecule has 8 bridgehead atoms. The Kier molecular flexibility index (Phi) is 20.1. The summed E-state index contributed by atoms with van der Waals surface area (Å²) in [5, 5.41) is 51.7. The fourth-order valence-electron chi connectivity index (χ4n) is 7.43. The van der Waals surface area contributed by atoms with Gasteiger partial charge in [0.25, 0.3) is 0 Å². The van der Waals surface area contributed by atoms with Gasteiger partial charge in [0.05, 0.1) is 52.8 Å². The largest absolute Gasteiger partial charge is 1.00 e. The summed E-state index contributed by atoms with van der Waals surface area (Å²) in [6.45, 7) is 14.2. The van der Waals surface area contributed by atoms with Gasteiger partial charge in [-0.15, -0.1) is 0 Å². The number of rotatable bonds is 12. The maximum atomic E-state index is 13.8. The molecule has 0 radical (unpaired) electrons. The molecule has 1 amide bonds. The zero-order chi connectivity index (χ0) is 39.1. The van der Waals surface area contributed by atoms with E-state index in [1.165, 1.54) is 6.92 Å². The van der Waals surface area contributed by atoms with Crippen LogP contribution in [0.25, 0.3) is 12.2 Å². The predicted molar refractivity (Wildman–Crippen MR) is 188 cm³/mol. The van der Waals surface area contributed by atoms with Crippen molar-refractivity contribution in [3.63, 3.8) is 0 Å². The number of amides is 1. The molecule has 4 atom stereocenters. The third-order valence-electron chi connectivity index (χ3n) is 10.4. The van der Waals surface area contributed by atoms with E-state index in [-0.39, 0.29) is 158 Å². The van der Waals surface area contributed by atoms with Gasteiger partial charge in [0.2, 0.25) is 5.91 Å². The van der Waals surface area contributed by atoms with E-state index in [4.69, 9.17) is 15.0 Å². The molecule has 1 aromatic rings. The number of carboxylic acids is 4. The zero-order valence-electron chi connectivity index (χ0n) is 34.3. The van der Waals surface area contributed by atoms with Gasteiger partial charge in [-0.2, -0.15) is 0 Å². The van der Waals surface area contributed by atoms with Crippen LogP contribution in [0.3, 0.4) is 0 Å². The van der Waals surface area contributed by atoms with Crippen LogP contribution in [-0.2, 0) is 30.4 Å². The second-order valence-corrected chi connectivity index (χ2v) is 13.9. The van der Waals surface area contributed by atoms with Crippen molar-refractivity contribution in [2.45, 2.75) is 85.2 Å². The van der Waals surface area contributed by atoms with Crippen molar-refractivity contribution in [2.24, 2.45) is 26.8 Å². The first kappa shape index (κ1) is 53.1. The molecule has 0 saturated heterocycles. The summed E-state index contributed by atoms with van der Waals surface area (Å²) >= 11 is 0. The SMILES string of the molecule is C=CC1=C(C)/C2=C/C3N=C(/C(CC(=O)N[C@@](C)(CC(=O)[O-])C(=O)[O-])=C4\N=C(C=c5[nH]/c(c(C)c5CC)=C\C1=N2)C(C)=C4C(=O)[O-])[C@@H](CCC(=O)[O-])[C@@H]3C.[Na+].[Na+].[Na+].[Na+]. The molecule has 1 aromatic heterocycles. The summed E-state index contributed by atoms with van der Waals surface area (Å²) in [6.07, 6.45) is 5.53. The van der Waals surface area contributed by atoms with Crippen molar-refractivity contribution in [3.05, 3.63) is 79.8 Å². The Balaban J connectivity index is 0.00000406. The van der Waals surface area contributed by atoms with Gasteiger partial charge < -0.3 is 49.9 Å². The molecule has 0 fully saturated rings. The molecule has 4 aliphatic rings. The maximum absolute atomic E-state index is 13.8. The average Bonchev–Trinajstić information content (AvgIpc) is 3.75. The Morgan fingerprint density at radius 3 is 2.11 bits per heavy atom. The van der Waals surface area contributed by atoms with Crippen LogP contribution < -0.4 is 155 Å². The number of hydrogen-bond acceptors (Lipinski definition) is 12. The fraction of sp³-hybridized carbons (Fsp3) is 0.385. The first-order valence-electron chi connectivity index (χ1n) is 17.2. The Hall–Kier alpha value is -1.92. The Morgan fingerprint density at radius 1 is 0.930 bits per heavy atom. The van der Waals surface area contributed by atoms with E-state index in [1.807, 2.05) is 39.8 Å². The van der Waals surface area contributed by atoms with Crippen LogP contribution in [0.15, 0.2) is 73.0 Å². The number of aromatic amines is 1. The topological polar surface area (TPSA) is 242 Å². The molecule has 14 nitrogen and oxygen atoms in total. The van der Waals surface area contributed by atoms with Crippen molar-refractivity contribution in [1.82, 2.24) is 10.3 Å². The molecule has 2 N–H and O–H groups in total. The molecular weight excluding hydrogens is 774 g/mol. The predicted octanol–water partition coefficient (Wildman–Crippen LogP) is -14.1. The van der Waals surface area contributed by atoms with Crippen LogP contribution in [0, 0.1) is 18.8 Å². The number of carbonyl (C=O) groups is 5. The number of aromatic nitrogens is 1. The van der Waals surface area contributed by atoms with Crippen LogP contribution in [0.1, 0.15) is 71.4 Å². The normalized spacial score (nSPS) is 23.1. The number of carboxylic acid groups (broad SMARTS) is 4. The van der Waals surface area contributed by atoms with Gasteiger partial charge in [-0.05, 0) is 93.4 Å². The van der Waals surface area contributed by atoms with Crippen LogP contribution in [0.4, 0.5) is 0 Å². The first-order valence-corrected chi connectivity index (χ1v) is 17.2. The molecule has 0 spiro atoms. The molecular formula is C39H39N5Na4O9. The molecule has 278 valence electrons. The molecule has 1 unspecified atom stereocenters. The van der Waals surface area contributed by atoms with E-state index in [9.17, 15) is 44.4 Å². The van der Waals surface area contributed by atoms with Crippen LogP contribution in [0.5, 0.6) is 0 Å². The van der Waals surface area contributed by atoms with Gasteiger partial charge in [0.15, 0.2) is 0 Å². The summed E-state index contributed by atoms with van der Waals surface area (Å²) in [7, 11) is 0. The number of nitrogens with zero attached hydrogens (tertiary/aromatic N) is 3. The second-order valence-electron chi connectivity index (χ2n) is 13.9. The number of aliphatic carboxylic acids is 4. The van der Waals surface area contributed by atoms with E-state index >= 15 is 0 Å². The first-order chi connectivity index (χ1) is 24.9. The summed E-state index contributed by atoms with van der Waals surface area (Å²) < 4.78 is 0. The molecule has 0 aliphatic carbocycles. The van der Waals surface area contributed by atoms with E-state index < -0.39 is 72.5 Å². The van der Waals surface area contributed by atoms with E-state index in [2.05, 4.69) is 16.9 Å². The number of nitrogens with one attached hydrogen (secondary N) is 2. The third kappa shape index (κ3) is 11.1. The number of fused-ring (bicyclic) bond motifs is 5. The number of allylic oxidation sites excluding steroid dienone is 4. The van der Waals surface area contributed by atoms with Gasteiger partial charge in [-0.25, -0.2) is 9.98 Å². The van der Waals surface area contributed by atoms with Gasteiger partial charge >= 0.3 is 118 Å². The number of aliphatic imine (C=N–C) groups is 3. The van der Waals surface area contributed by atoms with Crippen LogP contribution >= 0.6 is 0 Å². The smallest absolute Gasteiger partial charge is 0.550 e. The molecule has 0 aromatic carbocycles. The van der Waals surface area contributed by atoms with Crippen molar-refractivity contribution >= 4 is 59.1 Å². The molecule has 5 rings (SSSR count).